The number of likely N-dealkylation sites (N-methyl/N-ethyl adjacent to an activating group) is 1. The lowest BCUT2D eigenvalue weighted by molar-refractivity contribution is -0.141. The largest absolute Gasteiger partial charge is 0.333 e. The smallest absolute Gasteiger partial charge is 0.227 e. The van der Waals surface area contributed by atoms with Gasteiger partial charge in [0.1, 0.15) is 0 Å². The van der Waals surface area contributed by atoms with Crippen LogP contribution in [-0.4, -0.2) is 56.8 Å². The minimum absolute atomic E-state index is 0.00954. The number of nitrogens with one attached hydrogen (secondary N) is 1. The number of piperidine rings is 1. The summed E-state index contributed by atoms with van der Waals surface area (Å²) in [5.74, 6) is 1.62. The van der Waals surface area contributed by atoms with E-state index in [-0.39, 0.29) is 23.8 Å². The number of hydrogen-bond donors (Lipinski definition) is 1. The topological polar surface area (TPSA) is 74.2 Å². The van der Waals surface area contributed by atoms with Crippen molar-refractivity contribution in [2.45, 2.75) is 57.0 Å². The van der Waals surface area contributed by atoms with Gasteiger partial charge in [0.15, 0.2) is 0 Å². The summed E-state index contributed by atoms with van der Waals surface area (Å²) < 4.78 is 0. The molecule has 0 bridgehead atoms. The molecule has 186 valence electrons. The zero-order chi connectivity index (χ0) is 24.6. The van der Waals surface area contributed by atoms with Crippen molar-refractivity contribution in [2.75, 3.05) is 25.5 Å². The Morgan fingerprint density at radius 2 is 1.92 bits per heavy atom. The molecule has 36 heavy (non-hydrogen) atoms. The number of hydrogen-bond acceptors (Lipinski definition) is 6. The van der Waals surface area contributed by atoms with Crippen LogP contribution < -0.4 is 5.32 Å². The van der Waals surface area contributed by atoms with E-state index in [9.17, 15) is 4.79 Å². The molecule has 1 saturated carbocycles. The van der Waals surface area contributed by atoms with Crippen molar-refractivity contribution in [3.8, 4) is 0 Å². The number of anilines is 2. The first-order valence-corrected chi connectivity index (χ1v) is 13.2. The van der Waals surface area contributed by atoms with Gasteiger partial charge in [-0.1, -0.05) is 30.3 Å². The molecule has 1 aliphatic carbocycles. The highest BCUT2D eigenvalue weighted by Gasteiger charge is 2.39. The minimum atomic E-state index is -0.00954. The molecule has 1 saturated heterocycles. The second-order valence-corrected chi connectivity index (χ2v) is 10.7. The molecule has 2 aliphatic heterocycles. The average Bonchev–Trinajstić information content (AvgIpc) is 3.75. The second kappa shape index (κ2) is 9.62. The molecule has 1 aromatic carbocycles. The summed E-state index contributed by atoms with van der Waals surface area (Å²) in [5, 5.41) is 3.36. The number of likely N-dealkylation sites (tertiary alicyclic amines) is 1. The second-order valence-electron chi connectivity index (χ2n) is 10.7. The van der Waals surface area contributed by atoms with Gasteiger partial charge in [-0.25, -0.2) is 9.97 Å². The highest BCUT2D eigenvalue weighted by Crippen LogP contribution is 2.40. The van der Waals surface area contributed by atoms with E-state index in [4.69, 9.17) is 4.98 Å². The molecule has 0 unspecified atom stereocenters. The normalized spacial score (nSPS) is 24.3. The first-order valence-electron chi connectivity index (χ1n) is 13.2. The summed E-state index contributed by atoms with van der Waals surface area (Å²) in [7, 11) is 2.15. The van der Waals surface area contributed by atoms with Crippen LogP contribution in [0.2, 0.25) is 0 Å². The fourth-order valence-electron chi connectivity index (χ4n) is 5.77. The van der Waals surface area contributed by atoms with Crippen LogP contribution in [0.25, 0.3) is 0 Å². The highest BCUT2D eigenvalue weighted by molar-refractivity contribution is 5.81. The van der Waals surface area contributed by atoms with Gasteiger partial charge in [0.25, 0.3) is 0 Å². The lowest BCUT2D eigenvalue weighted by Crippen LogP contribution is -2.50. The number of fused-ring (bicyclic) bond motifs is 1. The van der Waals surface area contributed by atoms with Crippen molar-refractivity contribution in [1.29, 1.82) is 0 Å². The predicted molar refractivity (Wildman–Crippen MR) is 140 cm³/mol. The molecular formula is C29H34N6O. The Morgan fingerprint density at radius 1 is 1.08 bits per heavy atom. The van der Waals surface area contributed by atoms with Crippen LogP contribution in [0, 0.1) is 5.92 Å². The zero-order valence-corrected chi connectivity index (χ0v) is 21.1. The van der Waals surface area contributed by atoms with Gasteiger partial charge in [0.2, 0.25) is 11.9 Å². The summed E-state index contributed by atoms with van der Waals surface area (Å²) in [5.41, 5.74) is 5.42. The SMILES string of the molecule is C[C@@H]1Cc2cnc(Nc3ccnc(C4CC4)c3)nc2CN1C(=O)[C@H]1CCN(C)C[C@@H]1c1ccccc1. The fourth-order valence-corrected chi connectivity index (χ4v) is 5.77. The van der Waals surface area contributed by atoms with E-state index in [0.29, 0.717) is 18.4 Å². The fraction of sp³-hybridized carbons (Fsp3) is 0.448. The molecule has 3 atom stereocenters. The number of amides is 1. The maximum absolute atomic E-state index is 14.0. The van der Waals surface area contributed by atoms with Gasteiger partial charge >= 0.3 is 0 Å². The number of aromatic nitrogens is 3. The number of carbonyl (C=O) groups excluding carboxylic acids is 1. The van der Waals surface area contributed by atoms with Crippen molar-refractivity contribution < 1.29 is 4.79 Å². The summed E-state index contributed by atoms with van der Waals surface area (Å²) >= 11 is 0. The molecule has 3 aliphatic rings. The Bertz CT molecular complexity index is 1240. The summed E-state index contributed by atoms with van der Waals surface area (Å²) in [6.07, 6.45) is 7.88. The van der Waals surface area contributed by atoms with Gasteiger partial charge in [-0.2, -0.15) is 0 Å². The number of rotatable bonds is 5. The molecule has 1 amide bonds. The molecule has 4 heterocycles. The first kappa shape index (κ1) is 23.1. The number of carbonyl (C=O) groups is 1. The van der Waals surface area contributed by atoms with Gasteiger partial charge in [-0.15, -0.1) is 0 Å². The Kier molecular flexibility index (Phi) is 6.17. The summed E-state index contributed by atoms with van der Waals surface area (Å²) in [6.45, 7) is 4.54. The molecule has 3 aromatic rings. The van der Waals surface area contributed by atoms with E-state index in [2.05, 4.69) is 69.4 Å². The lowest BCUT2D eigenvalue weighted by atomic mass is 9.79. The van der Waals surface area contributed by atoms with E-state index in [1.807, 2.05) is 24.5 Å². The standard InChI is InChI=1S/C29H34N6O/c1-19-14-22-16-31-29(32-23-10-12-30-26(15-23)21-8-9-21)33-27(22)18-35(19)28(36)24-11-13-34(2)17-25(24)20-6-4-3-5-7-20/h3-7,10,12,15-16,19,21,24-25H,8-9,11,13-14,17-18H2,1-2H3,(H,30,31,32,33)/t19-,24+,25-/m1/s1. The molecule has 2 fully saturated rings. The molecule has 0 radical (unpaired) electrons. The number of pyridine rings is 1. The summed E-state index contributed by atoms with van der Waals surface area (Å²) in [6, 6.07) is 14.7. The van der Waals surface area contributed by atoms with E-state index < -0.39 is 0 Å². The van der Waals surface area contributed by atoms with Crippen molar-refractivity contribution >= 4 is 17.5 Å². The Hall–Kier alpha value is -3.32. The minimum Gasteiger partial charge on any atom is -0.333 e. The quantitative estimate of drug-likeness (QED) is 0.577. The highest BCUT2D eigenvalue weighted by atomic mass is 16.2. The average molecular weight is 483 g/mol. The molecule has 7 heteroatoms. The lowest BCUT2D eigenvalue weighted by Gasteiger charge is -2.42. The van der Waals surface area contributed by atoms with Crippen molar-refractivity contribution in [2.24, 2.45) is 5.92 Å². The Labute approximate surface area is 213 Å². The number of benzene rings is 1. The Morgan fingerprint density at radius 3 is 2.72 bits per heavy atom. The molecule has 2 aromatic heterocycles. The van der Waals surface area contributed by atoms with Crippen LogP contribution in [0.15, 0.2) is 54.9 Å². The molecule has 0 spiro atoms. The van der Waals surface area contributed by atoms with E-state index in [1.165, 1.54) is 18.4 Å². The maximum atomic E-state index is 14.0. The van der Waals surface area contributed by atoms with E-state index in [0.717, 1.165) is 48.6 Å². The van der Waals surface area contributed by atoms with Crippen molar-refractivity contribution in [3.63, 3.8) is 0 Å². The van der Waals surface area contributed by atoms with Crippen LogP contribution >= 0.6 is 0 Å². The monoisotopic (exact) mass is 482 g/mol. The maximum Gasteiger partial charge on any atom is 0.227 e. The Balaban J connectivity index is 1.21. The predicted octanol–water partition coefficient (Wildman–Crippen LogP) is 4.50. The van der Waals surface area contributed by atoms with E-state index in [1.54, 1.807) is 0 Å². The zero-order valence-electron chi connectivity index (χ0n) is 21.1. The van der Waals surface area contributed by atoms with Crippen LogP contribution in [0.5, 0.6) is 0 Å². The van der Waals surface area contributed by atoms with Gasteiger partial charge < -0.3 is 15.1 Å². The molecule has 1 N–H and O–H groups in total. The van der Waals surface area contributed by atoms with Crippen molar-refractivity contribution in [3.05, 3.63) is 77.4 Å². The van der Waals surface area contributed by atoms with Crippen LogP contribution in [0.3, 0.4) is 0 Å². The third-order valence-electron chi connectivity index (χ3n) is 8.00. The summed E-state index contributed by atoms with van der Waals surface area (Å²) in [4.78, 5) is 32.3. The van der Waals surface area contributed by atoms with Gasteiger partial charge in [-0.3, -0.25) is 9.78 Å². The number of nitrogens with zero attached hydrogens (tertiary/aromatic N) is 5. The van der Waals surface area contributed by atoms with Crippen LogP contribution in [0.1, 0.15) is 60.5 Å². The van der Waals surface area contributed by atoms with E-state index >= 15 is 0 Å². The van der Waals surface area contributed by atoms with Gasteiger partial charge in [0.05, 0.1) is 12.2 Å². The molecule has 6 rings (SSSR count). The third-order valence-corrected chi connectivity index (χ3v) is 8.00. The van der Waals surface area contributed by atoms with Gasteiger partial charge in [-0.05, 0) is 69.5 Å². The first-order chi connectivity index (χ1) is 17.5. The van der Waals surface area contributed by atoms with Gasteiger partial charge in [0, 0.05) is 54.1 Å². The molecule has 7 nitrogen and oxygen atoms in total. The third kappa shape index (κ3) is 4.72. The van der Waals surface area contributed by atoms with Crippen LogP contribution in [0.4, 0.5) is 11.6 Å². The molecular weight excluding hydrogens is 448 g/mol. The van der Waals surface area contributed by atoms with Crippen LogP contribution in [-0.2, 0) is 17.8 Å². The van der Waals surface area contributed by atoms with Crippen molar-refractivity contribution in [1.82, 2.24) is 24.8 Å².